The molecule has 0 spiro atoms. The van der Waals surface area contributed by atoms with Gasteiger partial charge in [0.05, 0.1) is 0 Å². The van der Waals surface area contributed by atoms with Crippen molar-refractivity contribution in [3.05, 3.63) is 47.8 Å². The van der Waals surface area contributed by atoms with Gasteiger partial charge in [0.15, 0.2) is 5.11 Å². The number of thiocarbonyl (C=S) groups is 1. The lowest BCUT2D eigenvalue weighted by Crippen LogP contribution is -2.49. The third kappa shape index (κ3) is 4.02. The molecule has 3 rings (SSSR count). The van der Waals surface area contributed by atoms with Gasteiger partial charge in [0, 0.05) is 43.0 Å². The van der Waals surface area contributed by atoms with E-state index in [-0.39, 0.29) is 5.91 Å². The van der Waals surface area contributed by atoms with E-state index in [4.69, 9.17) is 12.2 Å². The average molecular weight is 374 g/mol. The Morgan fingerprint density at radius 2 is 2.24 bits per heavy atom. The first-order valence-corrected chi connectivity index (χ1v) is 9.22. The van der Waals surface area contributed by atoms with Crippen LogP contribution in [0.2, 0.25) is 0 Å². The average Bonchev–Trinajstić information content (AvgIpc) is 3.29. The Hall–Kier alpha value is -2.32. The minimum Gasteiger partial charge on any atom is -0.357 e. The first kappa shape index (κ1) is 17.5. The lowest BCUT2D eigenvalue weighted by molar-refractivity contribution is 0.0487. The van der Waals surface area contributed by atoms with Gasteiger partial charge in [0.2, 0.25) is 0 Å². The molecule has 0 atom stereocenters. The Kier molecular flexibility index (Phi) is 5.40. The molecule has 6 nitrogen and oxygen atoms in total. The van der Waals surface area contributed by atoms with Gasteiger partial charge in [-0.25, -0.2) is 9.99 Å². The van der Waals surface area contributed by atoms with Crippen molar-refractivity contribution in [1.82, 2.24) is 25.3 Å². The Balaban J connectivity index is 1.73. The van der Waals surface area contributed by atoms with Crippen molar-refractivity contribution in [2.24, 2.45) is 0 Å². The van der Waals surface area contributed by atoms with Gasteiger partial charge in [-0.1, -0.05) is 12.2 Å². The zero-order valence-electron chi connectivity index (χ0n) is 13.9. The zero-order valence-corrected chi connectivity index (χ0v) is 15.6. The van der Waals surface area contributed by atoms with Crippen LogP contribution in [0.25, 0.3) is 10.6 Å². The molecule has 0 aromatic carbocycles. The third-order valence-corrected chi connectivity index (χ3v) is 4.92. The summed E-state index contributed by atoms with van der Waals surface area (Å²) in [6.45, 7) is 7.72. The van der Waals surface area contributed by atoms with Crippen LogP contribution in [0.3, 0.4) is 0 Å². The van der Waals surface area contributed by atoms with Crippen molar-refractivity contribution >= 4 is 34.6 Å². The fraction of sp³-hybridized carbons (Fsp3) is 0.294. The van der Waals surface area contributed by atoms with Crippen molar-refractivity contribution in [3.63, 3.8) is 0 Å². The molecule has 2 aromatic heterocycles. The summed E-state index contributed by atoms with van der Waals surface area (Å²) in [6.07, 6.45) is 4.33. The molecule has 0 saturated carbocycles. The van der Waals surface area contributed by atoms with E-state index in [1.165, 1.54) is 11.3 Å². The van der Waals surface area contributed by atoms with Crippen LogP contribution in [0.15, 0.2) is 42.1 Å². The van der Waals surface area contributed by atoms with Gasteiger partial charge in [-0.15, -0.1) is 11.3 Å². The molecule has 0 radical (unpaired) electrons. The fourth-order valence-electron chi connectivity index (χ4n) is 2.48. The van der Waals surface area contributed by atoms with E-state index >= 15 is 0 Å². The predicted molar refractivity (Wildman–Crippen MR) is 103 cm³/mol. The second-order valence-corrected chi connectivity index (χ2v) is 7.05. The lowest BCUT2D eigenvalue weighted by atomic mass is 10.3. The summed E-state index contributed by atoms with van der Waals surface area (Å²) in [5.74, 6) is -0.136. The highest BCUT2D eigenvalue weighted by Crippen LogP contribution is 2.24. The molecule has 25 heavy (non-hydrogen) atoms. The monoisotopic (exact) mass is 373 g/mol. The second kappa shape index (κ2) is 7.71. The maximum atomic E-state index is 12.9. The van der Waals surface area contributed by atoms with Crippen LogP contribution in [0.1, 0.15) is 23.8 Å². The summed E-state index contributed by atoms with van der Waals surface area (Å²) < 4.78 is 0. The smallest absolute Gasteiger partial charge is 0.291 e. The number of carbonyl (C=O) groups is 1. The first-order valence-electron chi connectivity index (χ1n) is 7.93. The van der Waals surface area contributed by atoms with Crippen LogP contribution in [0, 0.1) is 0 Å². The lowest BCUT2D eigenvalue weighted by Gasteiger charge is -2.29. The highest BCUT2D eigenvalue weighted by Gasteiger charge is 2.30. The maximum Gasteiger partial charge on any atom is 0.291 e. The van der Waals surface area contributed by atoms with Gasteiger partial charge in [-0.2, -0.15) is 0 Å². The SMILES string of the molecule is C=C(C)CNC(=S)N1CCCN1C(=O)c1csc(-c2cccnc2)n1. The minimum absolute atomic E-state index is 0.136. The summed E-state index contributed by atoms with van der Waals surface area (Å²) in [6, 6.07) is 3.78. The summed E-state index contributed by atoms with van der Waals surface area (Å²) in [4.78, 5) is 21.4. The fourth-order valence-corrected chi connectivity index (χ4v) is 3.52. The van der Waals surface area contributed by atoms with Crippen LogP contribution >= 0.6 is 23.6 Å². The van der Waals surface area contributed by atoms with Crippen molar-refractivity contribution in [1.29, 1.82) is 0 Å². The van der Waals surface area contributed by atoms with Crippen LogP contribution in [0.5, 0.6) is 0 Å². The minimum atomic E-state index is -0.136. The molecule has 1 saturated heterocycles. The van der Waals surface area contributed by atoms with Crippen LogP contribution < -0.4 is 5.32 Å². The molecule has 0 aliphatic carbocycles. The van der Waals surface area contributed by atoms with Gasteiger partial charge in [-0.3, -0.25) is 14.8 Å². The number of thiazole rings is 1. The third-order valence-electron chi connectivity index (χ3n) is 3.67. The van der Waals surface area contributed by atoms with E-state index in [1.807, 2.05) is 24.1 Å². The standard InChI is InChI=1S/C17H19N5OS2/c1-12(2)9-19-17(24)22-8-4-7-21(22)16(23)14-11-25-15(20-14)13-5-3-6-18-10-13/h3,5-6,10-11H,1,4,7-9H2,2H3,(H,19,24). The molecule has 1 aliphatic heterocycles. The number of hydrogen-bond acceptors (Lipinski definition) is 5. The number of nitrogens with one attached hydrogen (secondary N) is 1. The Morgan fingerprint density at radius 1 is 1.44 bits per heavy atom. The summed E-state index contributed by atoms with van der Waals surface area (Å²) in [7, 11) is 0. The van der Waals surface area contributed by atoms with Crippen LogP contribution in [0.4, 0.5) is 0 Å². The quantitative estimate of drug-likeness (QED) is 0.657. The second-order valence-electron chi connectivity index (χ2n) is 5.80. The molecule has 2 aromatic rings. The van der Waals surface area contributed by atoms with Crippen molar-refractivity contribution in [2.75, 3.05) is 19.6 Å². The van der Waals surface area contributed by atoms with E-state index in [2.05, 4.69) is 21.9 Å². The predicted octanol–water partition coefficient (Wildman–Crippen LogP) is 2.72. The number of hydrazine groups is 1. The molecule has 8 heteroatoms. The number of amides is 1. The summed E-state index contributed by atoms with van der Waals surface area (Å²) in [5, 5.41) is 9.71. The number of rotatable bonds is 4. The van der Waals surface area contributed by atoms with Crippen molar-refractivity contribution in [3.8, 4) is 10.6 Å². The molecular weight excluding hydrogens is 354 g/mol. The molecule has 3 heterocycles. The largest absolute Gasteiger partial charge is 0.357 e. The number of aromatic nitrogens is 2. The molecule has 1 aliphatic rings. The topological polar surface area (TPSA) is 61.4 Å². The van der Waals surface area contributed by atoms with E-state index in [9.17, 15) is 4.79 Å². The van der Waals surface area contributed by atoms with E-state index in [0.29, 0.717) is 30.4 Å². The van der Waals surface area contributed by atoms with E-state index in [1.54, 1.807) is 22.8 Å². The number of nitrogens with zero attached hydrogens (tertiary/aromatic N) is 4. The summed E-state index contributed by atoms with van der Waals surface area (Å²) in [5.41, 5.74) is 2.32. The maximum absolute atomic E-state index is 12.9. The Bertz CT molecular complexity index is 789. The molecular formula is C17H19N5OS2. The number of hydrogen-bond donors (Lipinski definition) is 1. The normalized spacial score (nSPS) is 13.8. The van der Waals surface area contributed by atoms with Crippen molar-refractivity contribution in [2.45, 2.75) is 13.3 Å². The number of pyridine rings is 1. The highest BCUT2D eigenvalue weighted by molar-refractivity contribution is 7.80. The van der Waals surface area contributed by atoms with Crippen LogP contribution in [-0.4, -0.2) is 50.6 Å². The first-order chi connectivity index (χ1) is 12.1. The highest BCUT2D eigenvalue weighted by atomic mass is 32.1. The van der Waals surface area contributed by atoms with E-state index < -0.39 is 0 Å². The molecule has 1 N–H and O–H groups in total. The van der Waals surface area contributed by atoms with Crippen LogP contribution in [-0.2, 0) is 0 Å². The molecule has 0 unspecified atom stereocenters. The molecule has 130 valence electrons. The molecule has 1 fully saturated rings. The Morgan fingerprint density at radius 3 is 2.96 bits per heavy atom. The molecule has 0 bridgehead atoms. The zero-order chi connectivity index (χ0) is 17.8. The van der Waals surface area contributed by atoms with Gasteiger partial charge < -0.3 is 5.32 Å². The van der Waals surface area contributed by atoms with E-state index in [0.717, 1.165) is 22.6 Å². The summed E-state index contributed by atoms with van der Waals surface area (Å²) >= 11 is 6.85. The van der Waals surface area contributed by atoms with Gasteiger partial charge in [-0.05, 0) is 37.7 Å². The number of carbonyl (C=O) groups excluding carboxylic acids is 1. The molecule has 1 amide bonds. The van der Waals surface area contributed by atoms with Gasteiger partial charge in [0.25, 0.3) is 5.91 Å². The van der Waals surface area contributed by atoms with Gasteiger partial charge in [0.1, 0.15) is 10.7 Å². The van der Waals surface area contributed by atoms with Gasteiger partial charge >= 0.3 is 0 Å². The van der Waals surface area contributed by atoms with Crippen molar-refractivity contribution < 1.29 is 4.79 Å². The Labute approximate surface area is 156 Å².